The maximum atomic E-state index is 13.7. The molecule has 1 aliphatic heterocycles. The maximum Gasteiger partial charge on any atom is 0.296 e. The van der Waals surface area contributed by atoms with Crippen molar-refractivity contribution < 1.29 is 13.9 Å². The summed E-state index contributed by atoms with van der Waals surface area (Å²) in [4.78, 5) is 33.2. The lowest BCUT2D eigenvalue weighted by Crippen LogP contribution is -2.30. The number of pyridine rings is 1. The first-order valence-corrected chi connectivity index (χ1v) is 10.7. The van der Waals surface area contributed by atoms with Gasteiger partial charge in [-0.2, -0.15) is 0 Å². The van der Waals surface area contributed by atoms with Gasteiger partial charge in [-0.15, -0.1) is 0 Å². The van der Waals surface area contributed by atoms with Crippen LogP contribution >= 0.6 is 0 Å². The van der Waals surface area contributed by atoms with E-state index in [4.69, 9.17) is 9.15 Å². The number of carbonyl (C=O) groups excluding carboxylic acids is 1. The number of hydrogen-bond acceptors (Lipinski definition) is 5. The highest BCUT2D eigenvalue weighted by molar-refractivity contribution is 6.10. The molecule has 0 radical (unpaired) electrons. The third-order valence-electron chi connectivity index (χ3n) is 5.95. The van der Waals surface area contributed by atoms with Gasteiger partial charge in [-0.1, -0.05) is 30.9 Å². The first kappa shape index (κ1) is 20.7. The summed E-state index contributed by atoms with van der Waals surface area (Å²) in [5.41, 5.74) is 3.25. The molecule has 0 saturated heterocycles. The summed E-state index contributed by atoms with van der Waals surface area (Å²) in [7, 11) is 0. The SMILES string of the molecule is C=CCOc1ccc(C2c3c(oc4cc(C)c(C)cc4c3=O)C(=O)N2c2ccccn2)cc1. The number of carbonyl (C=O) groups is 1. The Labute approximate surface area is 190 Å². The minimum Gasteiger partial charge on any atom is -0.490 e. The predicted molar refractivity (Wildman–Crippen MR) is 127 cm³/mol. The van der Waals surface area contributed by atoms with Gasteiger partial charge in [-0.25, -0.2) is 4.98 Å². The smallest absolute Gasteiger partial charge is 0.296 e. The van der Waals surface area contributed by atoms with Crippen molar-refractivity contribution in [2.75, 3.05) is 11.5 Å². The maximum absolute atomic E-state index is 13.7. The van der Waals surface area contributed by atoms with Gasteiger partial charge in [0.05, 0.1) is 17.0 Å². The average Bonchev–Trinajstić information content (AvgIpc) is 3.12. The number of anilines is 1. The fourth-order valence-electron chi connectivity index (χ4n) is 4.18. The minimum atomic E-state index is -0.668. The Kier molecular flexibility index (Phi) is 5.05. The van der Waals surface area contributed by atoms with Crippen LogP contribution in [0.25, 0.3) is 11.0 Å². The van der Waals surface area contributed by atoms with E-state index in [0.717, 1.165) is 16.7 Å². The van der Waals surface area contributed by atoms with E-state index in [1.165, 1.54) is 4.90 Å². The van der Waals surface area contributed by atoms with E-state index < -0.39 is 11.9 Å². The van der Waals surface area contributed by atoms with Crippen molar-refractivity contribution in [1.29, 1.82) is 0 Å². The third kappa shape index (κ3) is 3.40. The largest absolute Gasteiger partial charge is 0.490 e. The Morgan fingerprint density at radius 3 is 2.55 bits per heavy atom. The van der Waals surface area contributed by atoms with Gasteiger partial charge in [-0.3, -0.25) is 14.5 Å². The highest BCUT2D eigenvalue weighted by Gasteiger charge is 2.44. The van der Waals surface area contributed by atoms with Crippen LogP contribution in [0.5, 0.6) is 5.75 Å². The monoisotopic (exact) mass is 438 g/mol. The molecule has 164 valence electrons. The summed E-state index contributed by atoms with van der Waals surface area (Å²) in [5, 5.41) is 0.462. The molecular weight excluding hydrogens is 416 g/mol. The topological polar surface area (TPSA) is 72.6 Å². The molecule has 0 aliphatic carbocycles. The Morgan fingerprint density at radius 1 is 1.09 bits per heavy atom. The van der Waals surface area contributed by atoms with Crippen LogP contribution in [0.1, 0.15) is 38.9 Å². The van der Waals surface area contributed by atoms with Crippen molar-refractivity contribution in [3.8, 4) is 5.75 Å². The second-order valence-electron chi connectivity index (χ2n) is 8.04. The number of rotatable bonds is 5. The predicted octanol–water partition coefficient (Wildman–Crippen LogP) is 5.12. The molecule has 4 aromatic rings. The number of ether oxygens (including phenoxy) is 1. The minimum absolute atomic E-state index is 0.0541. The van der Waals surface area contributed by atoms with E-state index in [1.54, 1.807) is 30.5 Å². The zero-order valence-corrected chi connectivity index (χ0v) is 18.4. The van der Waals surface area contributed by atoms with E-state index in [1.807, 2.05) is 50.2 Å². The molecule has 0 fully saturated rings. The fraction of sp³-hybridized carbons (Fsp3) is 0.148. The Bertz CT molecular complexity index is 1440. The summed E-state index contributed by atoms with van der Waals surface area (Å²) < 4.78 is 11.6. The summed E-state index contributed by atoms with van der Waals surface area (Å²) in [5.74, 6) is 0.780. The normalized spacial score (nSPS) is 15.0. The Balaban J connectivity index is 1.74. The standard InChI is InChI=1S/C27H22N2O4/c1-4-13-32-19-10-8-18(9-11-19)24-23-25(30)20-14-16(2)17(3)15-21(20)33-26(23)27(31)29(24)22-7-5-6-12-28-22/h4-12,14-15,24H,1,13H2,2-3H3. The molecule has 3 heterocycles. The lowest BCUT2D eigenvalue weighted by Gasteiger charge is -2.24. The summed E-state index contributed by atoms with van der Waals surface area (Å²) in [6, 6.07) is 15.6. The lowest BCUT2D eigenvalue weighted by atomic mass is 9.97. The van der Waals surface area contributed by atoms with Crippen LogP contribution in [0.3, 0.4) is 0 Å². The molecule has 2 aromatic heterocycles. The van der Waals surface area contributed by atoms with Gasteiger partial charge in [0.25, 0.3) is 5.91 Å². The van der Waals surface area contributed by atoms with E-state index in [0.29, 0.717) is 34.7 Å². The van der Waals surface area contributed by atoms with E-state index in [9.17, 15) is 9.59 Å². The van der Waals surface area contributed by atoms with Crippen LogP contribution in [0.2, 0.25) is 0 Å². The highest BCUT2D eigenvalue weighted by atomic mass is 16.5. The number of nitrogens with zero attached hydrogens (tertiary/aromatic N) is 2. The molecule has 6 nitrogen and oxygen atoms in total. The third-order valence-corrected chi connectivity index (χ3v) is 5.95. The second kappa shape index (κ2) is 8.06. The van der Waals surface area contributed by atoms with Gasteiger partial charge >= 0.3 is 0 Å². The van der Waals surface area contributed by atoms with Crippen LogP contribution in [0.15, 0.2) is 82.7 Å². The molecule has 0 bridgehead atoms. The van der Waals surface area contributed by atoms with Gasteiger partial charge in [0.1, 0.15) is 23.8 Å². The van der Waals surface area contributed by atoms with Crippen molar-refractivity contribution >= 4 is 22.7 Å². The molecule has 1 unspecified atom stereocenters. The number of fused-ring (bicyclic) bond motifs is 2. The molecule has 2 aromatic carbocycles. The van der Waals surface area contributed by atoms with Crippen LogP contribution in [-0.4, -0.2) is 17.5 Å². The van der Waals surface area contributed by atoms with Crippen LogP contribution < -0.4 is 15.1 Å². The molecule has 1 amide bonds. The quantitative estimate of drug-likeness (QED) is 0.405. The molecule has 0 saturated carbocycles. The number of aryl methyl sites for hydroxylation is 2. The summed E-state index contributed by atoms with van der Waals surface area (Å²) in [6.45, 7) is 7.94. The first-order valence-electron chi connectivity index (χ1n) is 10.7. The van der Waals surface area contributed by atoms with Crippen molar-refractivity contribution in [1.82, 2.24) is 4.98 Å². The fourth-order valence-corrected chi connectivity index (χ4v) is 4.18. The van der Waals surface area contributed by atoms with Crippen LogP contribution in [0, 0.1) is 13.8 Å². The lowest BCUT2D eigenvalue weighted by molar-refractivity contribution is 0.0970. The second-order valence-corrected chi connectivity index (χ2v) is 8.04. The number of benzene rings is 2. The molecule has 1 atom stereocenters. The Morgan fingerprint density at radius 2 is 1.85 bits per heavy atom. The zero-order valence-electron chi connectivity index (χ0n) is 18.4. The highest BCUT2D eigenvalue weighted by Crippen LogP contribution is 2.41. The summed E-state index contributed by atoms with van der Waals surface area (Å²) >= 11 is 0. The summed E-state index contributed by atoms with van der Waals surface area (Å²) in [6.07, 6.45) is 3.29. The van der Waals surface area contributed by atoms with Crippen molar-refractivity contribution in [2.24, 2.45) is 0 Å². The van der Waals surface area contributed by atoms with E-state index in [-0.39, 0.29) is 11.2 Å². The average molecular weight is 438 g/mol. The zero-order chi connectivity index (χ0) is 23.1. The van der Waals surface area contributed by atoms with E-state index in [2.05, 4.69) is 11.6 Å². The number of aromatic nitrogens is 1. The van der Waals surface area contributed by atoms with E-state index >= 15 is 0 Å². The Hall–Kier alpha value is -4.19. The van der Waals surface area contributed by atoms with Crippen LogP contribution in [0.4, 0.5) is 5.82 Å². The van der Waals surface area contributed by atoms with Gasteiger partial charge in [-0.05, 0) is 66.9 Å². The molecule has 33 heavy (non-hydrogen) atoms. The van der Waals surface area contributed by atoms with Crippen molar-refractivity contribution in [3.63, 3.8) is 0 Å². The van der Waals surface area contributed by atoms with Gasteiger partial charge in [0.2, 0.25) is 5.76 Å². The number of amides is 1. The number of hydrogen-bond donors (Lipinski definition) is 0. The van der Waals surface area contributed by atoms with Gasteiger partial charge in [0, 0.05) is 6.20 Å². The molecule has 1 aliphatic rings. The molecule has 5 rings (SSSR count). The molecule has 6 heteroatoms. The van der Waals surface area contributed by atoms with Gasteiger partial charge in [0.15, 0.2) is 5.43 Å². The molecular formula is C27H22N2O4. The van der Waals surface area contributed by atoms with Crippen molar-refractivity contribution in [2.45, 2.75) is 19.9 Å². The molecule has 0 N–H and O–H groups in total. The molecule has 0 spiro atoms. The van der Waals surface area contributed by atoms with Gasteiger partial charge < -0.3 is 9.15 Å². The first-order chi connectivity index (χ1) is 16.0. The van der Waals surface area contributed by atoms with Crippen LogP contribution in [-0.2, 0) is 0 Å². The van der Waals surface area contributed by atoms with Crippen molar-refractivity contribution in [3.05, 3.63) is 112 Å².